The molecule has 2 aromatic carbocycles. The van der Waals surface area contributed by atoms with Crippen molar-refractivity contribution in [2.45, 2.75) is 64.5 Å². The van der Waals surface area contributed by atoms with E-state index in [0.717, 1.165) is 23.2 Å². The van der Waals surface area contributed by atoms with Gasteiger partial charge in [0, 0.05) is 62.2 Å². The molecule has 2 N–H and O–H groups in total. The number of imide groups is 1. The van der Waals surface area contributed by atoms with Gasteiger partial charge in [0.1, 0.15) is 11.9 Å². The Morgan fingerprint density at radius 1 is 1.11 bits per heavy atom. The fourth-order valence-corrected chi connectivity index (χ4v) is 5.81. The summed E-state index contributed by atoms with van der Waals surface area (Å²) in [6.45, 7) is 7.69. The molecule has 9 nitrogen and oxygen atoms in total. The number of pyridine rings is 1. The van der Waals surface area contributed by atoms with Gasteiger partial charge in [0.15, 0.2) is 5.69 Å². The minimum atomic E-state index is -1.06. The number of aromatic nitrogens is 3. The number of hydrogen-bond acceptors (Lipinski definition) is 7. The summed E-state index contributed by atoms with van der Waals surface area (Å²) in [6.07, 6.45) is 5.89. The molecule has 0 spiro atoms. The van der Waals surface area contributed by atoms with Crippen LogP contribution < -0.4 is 5.32 Å². The predicted octanol–water partition coefficient (Wildman–Crippen LogP) is 5.23. The maximum Gasteiger partial charge on any atom is 0.226 e. The van der Waals surface area contributed by atoms with Gasteiger partial charge < -0.3 is 5.11 Å². The Labute approximate surface area is 257 Å². The second-order valence-electron chi connectivity index (χ2n) is 11.1. The van der Waals surface area contributed by atoms with Gasteiger partial charge in [0.05, 0.1) is 11.1 Å². The van der Waals surface area contributed by atoms with Crippen LogP contribution in [0.5, 0.6) is 0 Å². The maximum atomic E-state index is 15.3. The molecule has 10 heteroatoms. The Kier molecular flexibility index (Phi) is 10.6. The predicted molar refractivity (Wildman–Crippen MR) is 167 cm³/mol. The molecule has 2 amide bonds. The van der Waals surface area contributed by atoms with Crippen molar-refractivity contribution >= 4 is 22.7 Å². The largest absolute Gasteiger partial charge is 0.388 e. The summed E-state index contributed by atoms with van der Waals surface area (Å²) in [5, 5.41) is 27.5. The number of nitrogens with zero attached hydrogens (tertiary/aromatic N) is 5. The van der Waals surface area contributed by atoms with Crippen LogP contribution >= 0.6 is 0 Å². The van der Waals surface area contributed by atoms with Crippen molar-refractivity contribution in [3.8, 4) is 17.2 Å². The zero-order valence-corrected chi connectivity index (χ0v) is 25.7. The van der Waals surface area contributed by atoms with Crippen molar-refractivity contribution in [3.63, 3.8) is 0 Å². The molecule has 2 saturated heterocycles. The first kappa shape index (κ1) is 32.5. The van der Waals surface area contributed by atoms with E-state index in [2.05, 4.69) is 26.4 Å². The Morgan fingerprint density at radius 2 is 1.82 bits per heavy atom. The SMILES string of the molecule is CC.Cn1cc(-c2ccc(CN3CCC(c4ccc5ncccc5c4F)C(C)(O)C3)cc2)c(C#N)n1.O=C1CCCC(=O)N1. The van der Waals surface area contributed by atoms with Crippen LogP contribution in [-0.4, -0.2) is 55.3 Å². The highest BCUT2D eigenvalue weighted by Gasteiger charge is 2.40. The molecule has 2 fully saturated rings. The number of nitriles is 1. The summed E-state index contributed by atoms with van der Waals surface area (Å²) >= 11 is 0. The number of benzene rings is 2. The van der Waals surface area contributed by atoms with Crippen molar-refractivity contribution in [2.24, 2.45) is 7.05 Å². The van der Waals surface area contributed by atoms with Crippen molar-refractivity contribution in [1.82, 2.24) is 25.0 Å². The highest BCUT2D eigenvalue weighted by atomic mass is 19.1. The molecule has 0 radical (unpaired) electrons. The molecular weight excluding hydrogens is 559 g/mol. The highest BCUT2D eigenvalue weighted by Crippen LogP contribution is 2.39. The number of amides is 2. The molecule has 2 aliphatic rings. The number of carbonyl (C=O) groups excluding carboxylic acids is 2. The molecule has 44 heavy (non-hydrogen) atoms. The van der Waals surface area contributed by atoms with E-state index in [0.29, 0.717) is 60.9 Å². The van der Waals surface area contributed by atoms with Crippen LogP contribution in [0.2, 0.25) is 0 Å². The standard InChI is InChI=1S/C27H26FN5O.C5H7NO2.C2H6/c1-27(34)17-33(13-11-23(27)20-9-10-24-21(26(20)28)4-3-12-30-24)15-18-5-7-19(8-6-18)22-16-32(2)31-25(22)14-29;7-4-2-1-3-5(8)6-4;1-2/h3-10,12,16,23,34H,11,13,15,17H2,1-2H3;1-3H2,(H,6,7,8);1-2H3. The molecule has 6 rings (SSSR count). The lowest BCUT2D eigenvalue weighted by Crippen LogP contribution is -2.50. The average Bonchev–Trinajstić information content (AvgIpc) is 3.40. The highest BCUT2D eigenvalue weighted by molar-refractivity contribution is 5.97. The van der Waals surface area contributed by atoms with Gasteiger partial charge in [-0.3, -0.25) is 29.5 Å². The average molecular weight is 599 g/mol. The number of hydrogen-bond donors (Lipinski definition) is 2. The number of halogens is 1. The molecule has 2 aliphatic heterocycles. The van der Waals surface area contributed by atoms with Crippen molar-refractivity contribution < 1.29 is 19.1 Å². The van der Waals surface area contributed by atoms with Gasteiger partial charge in [-0.15, -0.1) is 0 Å². The van der Waals surface area contributed by atoms with E-state index in [1.54, 1.807) is 43.0 Å². The number of rotatable bonds is 4. The molecule has 2 unspecified atom stereocenters. The molecule has 0 saturated carbocycles. The van der Waals surface area contributed by atoms with E-state index < -0.39 is 5.60 Å². The molecule has 4 aromatic rings. The molecule has 0 aliphatic carbocycles. The molecular formula is C34H39FN6O3. The number of fused-ring (bicyclic) bond motifs is 1. The summed E-state index contributed by atoms with van der Waals surface area (Å²) in [4.78, 5) is 27.1. The van der Waals surface area contributed by atoms with E-state index in [-0.39, 0.29) is 23.5 Å². The van der Waals surface area contributed by atoms with Crippen molar-refractivity contribution in [3.05, 3.63) is 83.6 Å². The fraction of sp³-hybridized carbons (Fsp3) is 0.382. The van der Waals surface area contributed by atoms with Gasteiger partial charge in [-0.05, 0) is 61.2 Å². The Morgan fingerprint density at radius 3 is 2.43 bits per heavy atom. The molecule has 0 bridgehead atoms. The van der Waals surface area contributed by atoms with Gasteiger partial charge in [-0.1, -0.05) is 44.2 Å². The Balaban J connectivity index is 0.000000380. The number of nitrogens with one attached hydrogen (secondary N) is 1. The lowest BCUT2D eigenvalue weighted by atomic mass is 9.77. The van der Waals surface area contributed by atoms with Crippen LogP contribution in [0, 0.1) is 17.1 Å². The molecule has 2 atom stereocenters. The monoisotopic (exact) mass is 598 g/mol. The minimum absolute atomic E-state index is 0.138. The van der Waals surface area contributed by atoms with Gasteiger partial charge in [-0.25, -0.2) is 4.39 Å². The van der Waals surface area contributed by atoms with Crippen molar-refractivity contribution in [1.29, 1.82) is 5.26 Å². The lowest BCUT2D eigenvalue weighted by molar-refractivity contribution is -0.132. The summed E-state index contributed by atoms with van der Waals surface area (Å²) in [7, 11) is 1.80. The molecule has 2 aromatic heterocycles. The molecule has 230 valence electrons. The van der Waals surface area contributed by atoms with Crippen LogP contribution in [0.25, 0.3) is 22.0 Å². The minimum Gasteiger partial charge on any atom is -0.388 e. The quantitative estimate of drug-likeness (QED) is 0.309. The van der Waals surface area contributed by atoms with E-state index in [1.165, 1.54) is 0 Å². The zero-order valence-electron chi connectivity index (χ0n) is 25.7. The number of piperidine rings is 2. The Bertz CT molecular complexity index is 1640. The van der Waals surface area contributed by atoms with Crippen LogP contribution in [0.3, 0.4) is 0 Å². The summed E-state index contributed by atoms with van der Waals surface area (Å²) in [6, 6.07) is 17.3. The number of aliphatic hydroxyl groups is 1. The number of carbonyl (C=O) groups is 2. The Hall–Kier alpha value is -4.46. The fourth-order valence-electron chi connectivity index (χ4n) is 5.81. The first-order chi connectivity index (χ1) is 21.1. The van der Waals surface area contributed by atoms with Crippen molar-refractivity contribution in [2.75, 3.05) is 13.1 Å². The van der Waals surface area contributed by atoms with Crippen LogP contribution in [0.4, 0.5) is 4.39 Å². The second-order valence-corrected chi connectivity index (χ2v) is 11.1. The lowest BCUT2D eigenvalue weighted by Gasteiger charge is -2.43. The van der Waals surface area contributed by atoms with E-state index in [4.69, 9.17) is 0 Å². The number of β-amino-alcohol motifs (C(OH)–C–C–N with tert-alkyl or cyclic N) is 1. The molecule has 4 heterocycles. The smallest absolute Gasteiger partial charge is 0.226 e. The van der Waals surface area contributed by atoms with E-state index in [9.17, 15) is 20.0 Å². The van der Waals surface area contributed by atoms with E-state index in [1.807, 2.05) is 50.4 Å². The summed E-state index contributed by atoms with van der Waals surface area (Å²) < 4.78 is 16.9. The third kappa shape index (κ3) is 7.54. The van der Waals surface area contributed by atoms with E-state index >= 15 is 4.39 Å². The van der Waals surface area contributed by atoms with Crippen LogP contribution in [0.1, 0.15) is 69.2 Å². The van der Waals surface area contributed by atoms with Crippen LogP contribution in [-0.2, 0) is 23.2 Å². The number of likely N-dealkylation sites (tertiary alicyclic amines) is 1. The third-order valence-electron chi connectivity index (χ3n) is 7.85. The van der Waals surface area contributed by atoms with Gasteiger partial charge in [-0.2, -0.15) is 10.4 Å². The third-order valence-corrected chi connectivity index (χ3v) is 7.85. The first-order valence-electron chi connectivity index (χ1n) is 15.0. The van der Waals surface area contributed by atoms with Gasteiger partial charge >= 0.3 is 0 Å². The maximum absolute atomic E-state index is 15.3. The summed E-state index contributed by atoms with van der Waals surface area (Å²) in [5.74, 6) is -0.847. The zero-order chi connectivity index (χ0) is 31.9. The topological polar surface area (TPSA) is 124 Å². The second kappa shape index (κ2) is 14.3. The summed E-state index contributed by atoms with van der Waals surface area (Å²) in [5.41, 5.74) is 3.39. The number of aryl methyl sites for hydroxylation is 1. The van der Waals surface area contributed by atoms with Crippen LogP contribution in [0.15, 0.2) is 60.9 Å². The van der Waals surface area contributed by atoms with Gasteiger partial charge in [0.25, 0.3) is 0 Å². The van der Waals surface area contributed by atoms with Gasteiger partial charge in [0.2, 0.25) is 11.8 Å². The normalized spacial score (nSPS) is 20.1. The first-order valence-corrected chi connectivity index (χ1v) is 15.0.